The van der Waals surface area contributed by atoms with E-state index in [1.54, 1.807) is 18.2 Å². The van der Waals surface area contributed by atoms with Gasteiger partial charge in [0.15, 0.2) is 6.10 Å². The molecule has 1 heterocycles. The van der Waals surface area contributed by atoms with Gasteiger partial charge in [-0.3, -0.25) is 4.79 Å². The summed E-state index contributed by atoms with van der Waals surface area (Å²) in [7, 11) is 0. The number of amides is 1. The van der Waals surface area contributed by atoms with Crippen molar-refractivity contribution in [3.8, 4) is 0 Å². The Hall–Kier alpha value is -2.82. The topological polar surface area (TPSA) is 68.5 Å². The molecule has 0 spiro atoms. The first kappa shape index (κ1) is 16.5. The number of benzene rings is 1. The maximum Gasteiger partial charge on any atom is 0.331 e. The van der Waals surface area contributed by atoms with Crippen LogP contribution >= 0.6 is 0 Å². The van der Waals surface area contributed by atoms with Crippen LogP contribution in [0.5, 0.6) is 0 Å². The average Bonchev–Trinajstić information content (AvgIpc) is 3.05. The molecule has 1 aromatic carbocycles. The Labute approximate surface area is 134 Å². The third-order valence-electron chi connectivity index (χ3n) is 3.17. The van der Waals surface area contributed by atoms with Crippen molar-refractivity contribution >= 4 is 18.0 Å². The molecule has 0 radical (unpaired) electrons. The van der Waals surface area contributed by atoms with Gasteiger partial charge in [-0.2, -0.15) is 0 Å². The van der Waals surface area contributed by atoms with Gasteiger partial charge in [-0.1, -0.05) is 29.8 Å². The molecule has 5 nitrogen and oxygen atoms in total. The first-order chi connectivity index (χ1) is 11.0. The Kier molecular flexibility index (Phi) is 5.74. The lowest BCUT2D eigenvalue weighted by molar-refractivity contribution is -0.150. The van der Waals surface area contributed by atoms with E-state index in [2.05, 4.69) is 5.32 Å². The highest BCUT2D eigenvalue weighted by Crippen LogP contribution is 2.06. The molecule has 1 atom stereocenters. The molecule has 1 N–H and O–H groups in total. The summed E-state index contributed by atoms with van der Waals surface area (Å²) in [6.07, 6.45) is 3.61. The minimum Gasteiger partial charge on any atom is -0.467 e. The summed E-state index contributed by atoms with van der Waals surface area (Å²) in [5.74, 6) is -0.305. The molecule has 2 rings (SSSR count). The zero-order valence-corrected chi connectivity index (χ0v) is 13.1. The van der Waals surface area contributed by atoms with Crippen molar-refractivity contribution < 1.29 is 18.7 Å². The second-order valence-electron chi connectivity index (χ2n) is 5.12. The lowest BCUT2D eigenvalue weighted by Crippen LogP contribution is -2.35. The molecular formula is C18H19NO4. The number of hydrogen-bond acceptors (Lipinski definition) is 4. The standard InChI is InChI=1S/C18H19NO4/c1-13-5-7-15(8-6-13)9-10-17(20)23-14(2)18(21)19-12-16-4-3-11-22-16/h3-11,14H,12H2,1-2H3,(H,19,21)/b10-9+/t14-/m0/s1. The molecule has 0 unspecified atom stereocenters. The Morgan fingerprint density at radius 1 is 1.26 bits per heavy atom. The molecule has 0 aliphatic rings. The minimum atomic E-state index is -0.875. The summed E-state index contributed by atoms with van der Waals surface area (Å²) < 4.78 is 10.2. The van der Waals surface area contributed by atoms with E-state index in [9.17, 15) is 9.59 Å². The van der Waals surface area contributed by atoms with Gasteiger partial charge in [0.1, 0.15) is 5.76 Å². The Morgan fingerprint density at radius 3 is 2.65 bits per heavy atom. The largest absolute Gasteiger partial charge is 0.467 e. The van der Waals surface area contributed by atoms with Crippen molar-refractivity contribution in [3.63, 3.8) is 0 Å². The molecule has 5 heteroatoms. The zero-order chi connectivity index (χ0) is 16.7. The van der Waals surface area contributed by atoms with Gasteiger partial charge in [-0.15, -0.1) is 0 Å². The van der Waals surface area contributed by atoms with Crippen LogP contribution in [0.1, 0.15) is 23.8 Å². The van der Waals surface area contributed by atoms with Crippen molar-refractivity contribution in [3.05, 3.63) is 65.6 Å². The van der Waals surface area contributed by atoms with Gasteiger partial charge in [0.2, 0.25) is 0 Å². The Morgan fingerprint density at radius 2 is 2.00 bits per heavy atom. The number of rotatable bonds is 6. The maximum absolute atomic E-state index is 11.8. The first-order valence-electron chi connectivity index (χ1n) is 7.30. The quantitative estimate of drug-likeness (QED) is 0.658. The predicted octanol–water partition coefficient (Wildman–Crippen LogP) is 2.85. The SMILES string of the molecule is Cc1ccc(/C=C/C(=O)O[C@@H](C)C(=O)NCc2ccco2)cc1. The van der Waals surface area contributed by atoms with Gasteiger partial charge in [0.25, 0.3) is 5.91 Å². The van der Waals surface area contributed by atoms with E-state index in [0.29, 0.717) is 5.76 Å². The zero-order valence-electron chi connectivity index (χ0n) is 13.1. The molecule has 0 saturated heterocycles. The predicted molar refractivity (Wildman–Crippen MR) is 86.3 cm³/mol. The van der Waals surface area contributed by atoms with Crippen LogP contribution in [-0.2, 0) is 20.9 Å². The van der Waals surface area contributed by atoms with Gasteiger partial charge in [0.05, 0.1) is 12.8 Å². The van der Waals surface area contributed by atoms with E-state index >= 15 is 0 Å². The summed E-state index contributed by atoms with van der Waals surface area (Å²) in [6, 6.07) is 11.2. The Bertz CT molecular complexity index is 672. The summed E-state index contributed by atoms with van der Waals surface area (Å²) in [5.41, 5.74) is 2.04. The van der Waals surface area contributed by atoms with Crippen molar-refractivity contribution in [2.24, 2.45) is 0 Å². The first-order valence-corrected chi connectivity index (χ1v) is 7.30. The van der Waals surface area contributed by atoms with E-state index < -0.39 is 12.1 Å². The summed E-state index contributed by atoms with van der Waals surface area (Å²) in [5, 5.41) is 2.64. The van der Waals surface area contributed by atoms with Crippen LogP contribution in [0.15, 0.2) is 53.2 Å². The van der Waals surface area contributed by atoms with Gasteiger partial charge >= 0.3 is 5.97 Å². The van der Waals surface area contributed by atoms with E-state index in [-0.39, 0.29) is 12.5 Å². The molecular weight excluding hydrogens is 294 g/mol. The summed E-state index contributed by atoms with van der Waals surface area (Å²) in [4.78, 5) is 23.6. The molecule has 0 fully saturated rings. The maximum atomic E-state index is 11.8. The van der Waals surface area contributed by atoms with Crippen LogP contribution in [0.2, 0.25) is 0 Å². The normalized spacial score (nSPS) is 12.1. The van der Waals surface area contributed by atoms with Crippen LogP contribution < -0.4 is 5.32 Å². The van der Waals surface area contributed by atoms with Gasteiger partial charge in [0, 0.05) is 6.08 Å². The fourth-order valence-corrected chi connectivity index (χ4v) is 1.84. The van der Waals surface area contributed by atoms with Gasteiger partial charge in [-0.25, -0.2) is 4.79 Å². The number of hydrogen-bond donors (Lipinski definition) is 1. The minimum absolute atomic E-state index is 0.257. The van der Waals surface area contributed by atoms with Crippen LogP contribution in [0, 0.1) is 6.92 Å². The molecule has 1 amide bonds. The molecule has 2 aromatic rings. The van der Waals surface area contributed by atoms with E-state index in [1.807, 2.05) is 31.2 Å². The fraction of sp³-hybridized carbons (Fsp3) is 0.222. The number of aryl methyl sites for hydroxylation is 1. The third-order valence-corrected chi connectivity index (χ3v) is 3.17. The fourth-order valence-electron chi connectivity index (χ4n) is 1.84. The molecule has 120 valence electrons. The molecule has 1 aromatic heterocycles. The highest BCUT2D eigenvalue weighted by Gasteiger charge is 2.16. The van der Waals surface area contributed by atoms with Crippen molar-refractivity contribution in [2.45, 2.75) is 26.5 Å². The van der Waals surface area contributed by atoms with E-state index in [4.69, 9.17) is 9.15 Å². The second-order valence-corrected chi connectivity index (χ2v) is 5.12. The van der Waals surface area contributed by atoms with Crippen LogP contribution in [-0.4, -0.2) is 18.0 Å². The number of carbonyl (C=O) groups excluding carboxylic acids is 2. The number of furan rings is 1. The van der Waals surface area contributed by atoms with Crippen LogP contribution in [0.4, 0.5) is 0 Å². The third kappa shape index (κ3) is 5.47. The molecule has 0 bridgehead atoms. The molecule has 0 saturated carbocycles. The van der Waals surface area contributed by atoms with Crippen molar-refractivity contribution in [2.75, 3.05) is 0 Å². The monoisotopic (exact) mass is 313 g/mol. The van der Waals surface area contributed by atoms with E-state index in [1.165, 1.54) is 19.3 Å². The molecule has 0 aliphatic carbocycles. The molecule has 0 aliphatic heterocycles. The van der Waals surface area contributed by atoms with Crippen LogP contribution in [0.3, 0.4) is 0 Å². The van der Waals surface area contributed by atoms with Crippen molar-refractivity contribution in [1.29, 1.82) is 0 Å². The highest BCUT2D eigenvalue weighted by atomic mass is 16.5. The van der Waals surface area contributed by atoms with Crippen LogP contribution in [0.25, 0.3) is 6.08 Å². The number of carbonyl (C=O) groups is 2. The molecule has 23 heavy (non-hydrogen) atoms. The number of ether oxygens (including phenoxy) is 1. The van der Waals surface area contributed by atoms with E-state index in [0.717, 1.165) is 11.1 Å². The average molecular weight is 313 g/mol. The Balaban J connectivity index is 1.79. The lowest BCUT2D eigenvalue weighted by Gasteiger charge is -2.11. The highest BCUT2D eigenvalue weighted by molar-refractivity contribution is 5.90. The smallest absolute Gasteiger partial charge is 0.331 e. The van der Waals surface area contributed by atoms with Gasteiger partial charge in [-0.05, 0) is 37.6 Å². The lowest BCUT2D eigenvalue weighted by atomic mass is 10.1. The number of nitrogens with one attached hydrogen (secondary N) is 1. The van der Waals surface area contributed by atoms with Gasteiger partial charge < -0.3 is 14.5 Å². The summed E-state index contributed by atoms with van der Waals surface area (Å²) >= 11 is 0. The number of esters is 1. The van der Waals surface area contributed by atoms with Crippen molar-refractivity contribution in [1.82, 2.24) is 5.32 Å². The second kappa shape index (κ2) is 7.98. The summed E-state index contributed by atoms with van der Waals surface area (Å²) in [6.45, 7) is 3.77.